The van der Waals surface area contributed by atoms with Crippen LogP contribution in [0.4, 0.5) is 5.69 Å². The molecule has 2 N–H and O–H groups in total. The number of nitrogens with one attached hydrogen (secondary N) is 1. The molecule has 0 spiro atoms. The van der Waals surface area contributed by atoms with E-state index in [2.05, 4.69) is 5.32 Å². The number of aliphatic hydroxyl groups is 1. The summed E-state index contributed by atoms with van der Waals surface area (Å²) in [6.07, 6.45) is 2.29. The van der Waals surface area contributed by atoms with Crippen molar-refractivity contribution in [2.45, 2.75) is 19.3 Å². The van der Waals surface area contributed by atoms with Crippen molar-refractivity contribution in [1.29, 1.82) is 0 Å². The average Bonchev–Trinajstić information content (AvgIpc) is 2.85. The van der Waals surface area contributed by atoms with Crippen LogP contribution in [-0.4, -0.2) is 41.5 Å². The zero-order chi connectivity index (χ0) is 14.1. The number of nitrogens with zero attached hydrogens (tertiary/aromatic N) is 1. The van der Waals surface area contributed by atoms with Crippen molar-refractivity contribution in [2.24, 2.45) is 5.92 Å². The molecule has 2 amide bonds. The van der Waals surface area contributed by atoms with E-state index in [0.717, 1.165) is 30.6 Å². The van der Waals surface area contributed by atoms with Crippen molar-refractivity contribution in [2.75, 3.05) is 25.0 Å². The van der Waals surface area contributed by atoms with Gasteiger partial charge in [-0.1, -0.05) is 6.07 Å². The minimum absolute atomic E-state index is 0.0212. The highest BCUT2D eigenvalue weighted by Crippen LogP contribution is 2.25. The van der Waals surface area contributed by atoms with E-state index in [0.29, 0.717) is 18.5 Å². The van der Waals surface area contributed by atoms with E-state index < -0.39 is 0 Å². The summed E-state index contributed by atoms with van der Waals surface area (Å²) in [5, 5.41) is 12.0. The molecule has 1 saturated heterocycles. The van der Waals surface area contributed by atoms with Gasteiger partial charge in [-0.25, -0.2) is 0 Å². The second-order valence-corrected chi connectivity index (χ2v) is 5.54. The highest BCUT2D eigenvalue weighted by atomic mass is 16.3. The Morgan fingerprint density at radius 2 is 2.30 bits per heavy atom. The first-order valence-corrected chi connectivity index (χ1v) is 7.00. The van der Waals surface area contributed by atoms with Crippen LogP contribution in [0.5, 0.6) is 0 Å². The lowest BCUT2D eigenvalue weighted by Gasteiger charge is -2.32. The maximum atomic E-state index is 12.5. The van der Waals surface area contributed by atoms with Gasteiger partial charge in [-0.05, 0) is 36.5 Å². The van der Waals surface area contributed by atoms with Crippen molar-refractivity contribution >= 4 is 17.5 Å². The summed E-state index contributed by atoms with van der Waals surface area (Å²) >= 11 is 0. The van der Waals surface area contributed by atoms with Gasteiger partial charge in [0.2, 0.25) is 5.91 Å². The van der Waals surface area contributed by atoms with Gasteiger partial charge in [-0.15, -0.1) is 0 Å². The van der Waals surface area contributed by atoms with E-state index in [-0.39, 0.29) is 24.3 Å². The van der Waals surface area contributed by atoms with Crippen molar-refractivity contribution in [3.63, 3.8) is 0 Å². The molecule has 2 heterocycles. The molecule has 0 saturated carbocycles. The van der Waals surface area contributed by atoms with Crippen molar-refractivity contribution < 1.29 is 14.7 Å². The number of carbonyl (C=O) groups is 2. The molecule has 1 fully saturated rings. The van der Waals surface area contributed by atoms with Gasteiger partial charge in [-0.2, -0.15) is 0 Å². The number of fused-ring (bicyclic) bond motifs is 1. The van der Waals surface area contributed by atoms with E-state index in [1.165, 1.54) is 0 Å². The summed E-state index contributed by atoms with van der Waals surface area (Å²) in [5.74, 6) is 0.136. The Morgan fingerprint density at radius 1 is 1.45 bits per heavy atom. The Labute approximate surface area is 117 Å². The standard InChI is InChI=1S/C15H18N2O3/c18-9-10-2-1-5-17(8-10)15(20)12-4-3-11-7-14(19)16-13(11)6-12/h3-4,6,10,18H,1-2,5,7-9H2,(H,16,19). The summed E-state index contributed by atoms with van der Waals surface area (Å²) < 4.78 is 0. The lowest BCUT2D eigenvalue weighted by Crippen LogP contribution is -2.40. The molecule has 0 bridgehead atoms. The Morgan fingerprint density at radius 3 is 3.10 bits per heavy atom. The molecule has 5 heteroatoms. The maximum Gasteiger partial charge on any atom is 0.253 e. The molecule has 1 aromatic carbocycles. The molecule has 1 aromatic rings. The number of piperidine rings is 1. The molecule has 0 aromatic heterocycles. The summed E-state index contributed by atoms with van der Waals surface area (Å²) in [7, 11) is 0. The van der Waals surface area contributed by atoms with Crippen molar-refractivity contribution in [3.05, 3.63) is 29.3 Å². The molecular weight excluding hydrogens is 256 g/mol. The molecule has 3 rings (SSSR count). The van der Waals surface area contributed by atoms with E-state index in [1.807, 2.05) is 6.07 Å². The second kappa shape index (κ2) is 5.25. The topological polar surface area (TPSA) is 69.6 Å². The van der Waals surface area contributed by atoms with Crippen LogP contribution < -0.4 is 5.32 Å². The van der Waals surface area contributed by atoms with Crippen LogP contribution in [0.25, 0.3) is 0 Å². The molecule has 1 unspecified atom stereocenters. The smallest absolute Gasteiger partial charge is 0.253 e. The number of rotatable bonds is 2. The number of hydrogen-bond donors (Lipinski definition) is 2. The first-order chi connectivity index (χ1) is 9.67. The SMILES string of the molecule is O=C1Cc2ccc(C(=O)N3CCCC(CO)C3)cc2N1. The van der Waals surface area contributed by atoms with Gasteiger partial charge in [0.05, 0.1) is 6.42 Å². The number of aliphatic hydroxyl groups excluding tert-OH is 1. The molecular formula is C15H18N2O3. The predicted octanol–water partition coefficient (Wildman–Crippen LogP) is 1.03. The lowest BCUT2D eigenvalue weighted by molar-refractivity contribution is -0.115. The molecule has 20 heavy (non-hydrogen) atoms. The third-order valence-electron chi connectivity index (χ3n) is 4.05. The monoisotopic (exact) mass is 274 g/mol. The quantitative estimate of drug-likeness (QED) is 0.846. The fraction of sp³-hybridized carbons (Fsp3) is 0.467. The first kappa shape index (κ1) is 13.1. The Bertz CT molecular complexity index is 556. The molecule has 0 aliphatic carbocycles. The highest BCUT2D eigenvalue weighted by molar-refractivity contribution is 6.02. The zero-order valence-electron chi connectivity index (χ0n) is 11.3. The Balaban J connectivity index is 1.77. The van der Waals surface area contributed by atoms with Crippen LogP contribution >= 0.6 is 0 Å². The van der Waals surface area contributed by atoms with Crippen LogP contribution in [0.1, 0.15) is 28.8 Å². The van der Waals surface area contributed by atoms with Crippen LogP contribution in [0.15, 0.2) is 18.2 Å². The normalized spacial score (nSPS) is 21.6. The molecule has 1 atom stereocenters. The van der Waals surface area contributed by atoms with Crippen LogP contribution in [0.2, 0.25) is 0 Å². The van der Waals surface area contributed by atoms with Gasteiger partial charge in [0.15, 0.2) is 0 Å². The second-order valence-electron chi connectivity index (χ2n) is 5.54. The number of amides is 2. The summed E-state index contributed by atoms with van der Waals surface area (Å²) in [6.45, 7) is 1.47. The summed E-state index contributed by atoms with van der Waals surface area (Å²) in [6, 6.07) is 5.38. The van der Waals surface area contributed by atoms with Gasteiger partial charge >= 0.3 is 0 Å². The van der Waals surface area contributed by atoms with E-state index >= 15 is 0 Å². The average molecular weight is 274 g/mol. The van der Waals surface area contributed by atoms with Gasteiger partial charge in [0, 0.05) is 30.9 Å². The van der Waals surface area contributed by atoms with Crippen LogP contribution in [0, 0.1) is 5.92 Å². The van der Waals surface area contributed by atoms with Gasteiger partial charge < -0.3 is 15.3 Å². The van der Waals surface area contributed by atoms with Crippen LogP contribution in [0.3, 0.4) is 0 Å². The number of anilines is 1. The Kier molecular flexibility index (Phi) is 3.44. The fourth-order valence-corrected chi connectivity index (χ4v) is 2.93. The largest absolute Gasteiger partial charge is 0.396 e. The highest BCUT2D eigenvalue weighted by Gasteiger charge is 2.25. The third-order valence-corrected chi connectivity index (χ3v) is 4.05. The maximum absolute atomic E-state index is 12.5. The van der Waals surface area contributed by atoms with E-state index in [4.69, 9.17) is 0 Å². The Hall–Kier alpha value is -1.88. The van der Waals surface area contributed by atoms with E-state index in [1.54, 1.807) is 17.0 Å². The number of likely N-dealkylation sites (tertiary alicyclic amines) is 1. The van der Waals surface area contributed by atoms with Gasteiger partial charge in [-0.3, -0.25) is 9.59 Å². The van der Waals surface area contributed by atoms with Gasteiger partial charge in [0.25, 0.3) is 5.91 Å². The fourth-order valence-electron chi connectivity index (χ4n) is 2.93. The molecule has 2 aliphatic heterocycles. The number of benzene rings is 1. The minimum Gasteiger partial charge on any atom is -0.396 e. The number of hydrogen-bond acceptors (Lipinski definition) is 3. The zero-order valence-corrected chi connectivity index (χ0v) is 11.3. The van der Waals surface area contributed by atoms with Gasteiger partial charge in [0.1, 0.15) is 0 Å². The minimum atomic E-state index is -0.0251. The van der Waals surface area contributed by atoms with E-state index in [9.17, 15) is 14.7 Å². The predicted molar refractivity (Wildman–Crippen MR) is 74.5 cm³/mol. The molecule has 0 radical (unpaired) electrons. The number of carbonyl (C=O) groups excluding carboxylic acids is 2. The summed E-state index contributed by atoms with van der Waals surface area (Å²) in [4.78, 5) is 25.6. The van der Waals surface area contributed by atoms with Crippen LogP contribution in [-0.2, 0) is 11.2 Å². The van der Waals surface area contributed by atoms with Crippen molar-refractivity contribution in [3.8, 4) is 0 Å². The lowest BCUT2D eigenvalue weighted by atomic mass is 9.98. The van der Waals surface area contributed by atoms with Crippen molar-refractivity contribution in [1.82, 2.24) is 4.90 Å². The molecule has 5 nitrogen and oxygen atoms in total. The first-order valence-electron chi connectivity index (χ1n) is 7.00. The summed E-state index contributed by atoms with van der Waals surface area (Å²) in [5.41, 5.74) is 2.29. The third kappa shape index (κ3) is 2.41. The molecule has 106 valence electrons. The molecule has 2 aliphatic rings.